The van der Waals surface area contributed by atoms with Crippen LogP contribution in [-0.4, -0.2) is 41.6 Å². The highest BCUT2D eigenvalue weighted by Crippen LogP contribution is 2.39. The summed E-state index contributed by atoms with van der Waals surface area (Å²) >= 11 is 6.24. The standard InChI is InChI=1S/C16H20ClN3O3/c1-10-9-23-13(11-4-2-3-5-12(11)17)8-20(10)14(21)16(6-7-16)19-15(18)22/h2-5,10,13H,6-9H2,1H3,(H3,18,19,22)/t10-,13-/m0/s1. The van der Waals surface area contributed by atoms with E-state index in [4.69, 9.17) is 22.1 Å². The number of amides is 3. The highest BCUT2D eigenvalue weighted by molar-refractivity contribution is 6.31. The molecule has 2 atom stereocenters. The molecule has 3 amide bonds. The molecule has 1 heterocycles. The highest BCUT2D eigenvalue weighted by atomic mass is 35.5. The van der Waals surface area contributed by atoms with Crippen LogP contribution in [0.15, 0.2) is 24.3 Å². The van der Waals surface area contributed by atoms with Crippen molar-refractivity contribution in [2.75, 3.05) is 13.2 Å². The van der Waals surface area contributed by atoms with Crippen molar-refractivity contribution in [1.82, 2.24) is 10.2 Å². The minimum Gasteiger partial charge on any atom is -0.369 e. The second kappa shape index (κ2) is 6.02. The van der Waals surface area contributed by atoms with E-state index in [0.29, 0.717) is 31.0 Å². The van der Waals surface area contributed by atoms with Gasteiger partial charge in [0, 0.05) is 10.6 Å². The maximum atomic E-state index is 12.9. The van der Waals surface area contributed by atoms with Gasteiger partial charge in [0.25, 0.3) is 0 Å². The van der Waals surface area contributed by atoms with Gasteiger partial charge in [0.2, 0.25) is 5.91 Å². The number of primary amides is 1. The molecular formula is C16H20ClN3O3. The summed E-state index contributed by atoms with van der Waals surface area (Å²) < 4.78 is 5.86. The molecule has 1 aliphatic heterocycles. The fourth-order valence-electron chi connectivity index (χ4n) is 2.99. The Morgan fingerprint density at radius 1 is 1.39 bits per heavy atom. The Kier molecular flexibility index (Phi) is 4.21. The monoisotopic (exact) mass is 337 g/mol. The topological polar surface area (TPSA) is 84.7 Å². The molecule has 0 spiro atoms. The van der Waals surface area contributed by atoms with Crippen LogP contribution in [-0.2, 0) is 9.53 Å². The average Bonchev–Trinajstić information content (AvgIpc) is 3.28. The predicted molar refractivity (Wildman–Crippen MR) is 86.0 cm³/mol. The summed E-state index contributed by atoms with van der Waals surface area (Å²) in [4.78, 5) is 25.8. The molecule has 1 aromatic rings. The maximum absolute atomic E-state index is 12.9. The summed E-state index contributed by atoms with van der Waals surface area (Å²) in [5.41, 5.74) is 5.23. The molecule has 23 heavy (non-hydrogen) atoms. The van der Waals surface area contributed by atoms with E-state index in [-0.39, 0.29) is 18.1 Å². The SMILES string of the molecule is C[C@H]1CO[C@H](c2ccccc2Cl)CN1C(=O)C1(NC(N)=O)CC1. The zero-order valence-electron chi connectivity index (χ0n) is 12.9. The van der Waals surface area contributed by atoms with Crippen LogP contribution in [0.5, 0.6) is 0 Å². The molecule has 6 nitrogen and oxygen atoms in total. The van der Waals surface area contributed by atoms with E-state index in [1.54, 1.807) is 4.90 Å². The average molecular weight is 338 g/mol. The molecule has 124 valence electrons. The first-order valence-corrected chi connectivity index (χ1v) is 8.05. The van der Waals surface area contributed by atoms with Crippen molar-refractivity contribution in [3.8, 4) is 0 Å². The first-order chi connectivity index (χ1) is 10.9. The van der Waals surface area contributed by atoms with Gasteiger partial charge in [-0.15, -0.1) is 0 Å². The molecule has 0 bridgehead atoms. The lowest BCUT2D eigenvalue weighted by Crippen LogP contribution is -2.57. The minimum atomic E-state index is -0.831. The molecule has 2 aliphatic rings. The van der Waals surface area contributed by atoms with Crippen molar-refractivity contribution in [3.05, 3.63) is 34.9 Å². The first-order valence-electron chi connectivity index (χ1n) is 7.68. The third-order valence-corrected chi connectivity index (χ3v) is 4.81. The molecule has 1 aromatic carbocycles. The van der Waals surface area contributed by atoms with Crippen molar-refractivity contribution in [2.45, 2.75) is 37.5 Å². The molecule has 7 heteroatoms. The van der Waals surface area contributed by atoms with Gasteiger partial charge in [0.15, 0.2) is 0 Å². The number of rotatable bonds is 3. The number of benzene rings is 1. The lowest BCUT2D eigenvalue weighted by Gasteiger charge is -2.40. The van der Waals surface area contributed by atoms with Crippen LogP contribution in [0.2, 0.25) is 5.02 Å². The van der Waals surface area contributed by atoms with Crippen LogP contribution in [0.1, 0.15) is 31.4 Å². The molecule has 0 unspecified atom stereocenters. The largest absolute Gasteiger partial charge is 0.369 e. The van der Waals surface area contributed by atoms with Crippen LogP contribution in [0.3, 0.4) is 0 Å². The first kappa shape index (κ1) is 16.1. The molecule has 0 aromatic heterocycles. The molecule has 3 N–H and O–H groups in total. The number of carbonyl (C=O) groups excluding carboxylic acids is 2. The van der Waals surface area contributed by atoms with Crippen LogP contribution in [0.4, 0.5) is 4.79 Å². The Morgan fingerprint density at radius 3 is 2.70 bits per heavy atom. The molecule has 1 saturated carbocycles. The van der Waals surface area contributed by atoms with Gasteiger partial charge in [-0.05, 0) is 25.8 Å². The Labute approximate surface area is 139 Å². The summed E-state index contributed by atoms with van der Waals surface area (Å²) in [7, 11) is 0. The lowest BCUT2D eigenvalue weighted by atomic mass is 10.0. The van der Waals surface area contributed by atoms with Gasteiger partial charge >= 0.3 is 6.03 Å². The van der Waals surface area contributed by atoms with Gasteiger partial charge in [-0.3, -0.25) is 4.79 Å². The van der Waals surface area contributed by atoms with Crippen molar-refractivity contribution in [2.24, 2.45) is 5.73 Å². The molecule has 2 fully saturated rings. The molecule has 1 saturated heterocycles. The number of carbonyl (C=O) groups is 2. The molecule has 0 radical (unpaired) electrons. The predicted octanol–water partition coefficient (Wildman–Crippen LogP) is 1.83. The summed E-state index contributed by atoms with van der Waals surface area (Å²) in [5, 5.41) is 3.22. The van der Waals surface area contributed by atoms with Gasteiger partial charge in [-0.1, -0.05) is 29.8 Å². The Balaban J connectivity index is 1.78. The number of hydrogen-bond donors (Lipinski definition) is 2. The second-order valence-electron chi connectivity index (χ2n) is 6.22. The van der Waals surface area contributed by atoms with E-state index >= 15 is 0 Å². The van der Waals surface area contributed by atoms with E-state index in [0.717, 1.165) is 5.56 Å². The molecular weight excluding hydrogens is 318 g/mol. The fraction of sp³-hybridized carbons (Fsp3) is 0.500. The fourth-order valence-corrected chi connectivity index (χ4v) is 3.25. The van der Waals surface area contributed by atoms with Gasteiger partial charge in [0.05, 0.1) is 19.2 Å². The number of morpholine rings is 1. The highest BCUT2D eigenvalue weighted by Gasteiger charge is 2.54. The number of hydrogen-bond acceptors (Lipinski definition) is 3. The van der Waals surface area contributed by atoms with Gasteiger partial charge in [0.1, 0.15) is 11.6 Å². The van der Waals surface area contributed by atoms with Crippen molar-refractivity contribution in [3.63, 3.8) is 0 Å². The zero-order chi connectivity index (χ0) is 16.6. The number of nitrogens with one attached hydrogen (secondary N) is 1. The lowest BCUT2D eigenvalue weighted by molar-refractivity contribution is -0.147. The Morgan fingerprint density at radius 2 is 2.09 bits per heavy atom. The summed E-state index contributed by atoms with van der Waals surface area (Å²) in [6.45, 7) is 2.77. The molecule has 3 rings (SSSR count). The van der Waals surface area contributed by atoms with Crippen molar-refractivity contribution < 1.29 is 14.3 Å². The van der Waals surface area contributed by atoms with Gasteiger partial charge in [-0.2, -0.15) is 0 Å². The number of halogens is 1. The van der Waals surface area contributed by atoms with E-state index in [1.165, 1.54) is 0 Å². The van der Waals surface area contributed by atoms with Crippen LogP contribution < -0.4 is 11.1 Å². The van der Waals surface area contributed by atoms with Crippen LogP contribution in [0, 0.1) is 0 Å². The normalized spacial score (nSPS) is 25.7. The van der Waals surface area contributed by atoms with E-state index in [9.17, 15) is 9.59 Å². The number of ether oxygens (including phenoxy) is 1. The number of nitrogens with zero attached hydrogens (tertiary/aromatic N) is 1. The Bertz CT molecular complexity index is 633. The maximum Gasteiger partial charge on any atom is 0.313 e. The number of urea groups is 1. The van der Waals surface area contributed by atoms with E-state index in [2.05, 4.69) is 5.32 Å². The summed E-state index contributed by atoms with van der Waals surface area (Å²) in [6, 6.07) is 6.73. The van der Waals surface area contributed by atoms with Crippen LogP contribution >= 0.6 is 11.6 Å². The van der Waals surface area contributed by atoms with E-state index in [1.807, 2.05) is 31.2 Å². The van der Waals surface area contributed by atoms with Gasteiger partial charge in [-0.25, -0.2) is 4.79 Å². The third-order valence-electron chi connectivity index (χ3n) is 4.47. The Hall–Kier alpha value is -1.79. The smallest absolute Gasteiger partial charge is 0.313 e. The molecule has 1 aliphatic carbocycles. The minimum absolute atomic E-state index is 0.0617. The zero-order valence-corrected chi connectivity index (χ0v) is 13.7. The number of nitrogens with two attached hydrogens (primary N) is 1. The summed E-state index contributed by atoms with van der Waals surface area (Å²) in [5.74, 6) is -0.0934. The quantitative estimate of drug-likeness (QED) is 0.882. The third kappa shape index (κ3) is 3.14. The van der Waals surface area contributed by atoms with E-state index < -0.39 is 11.6 Å². The summed E-state index contributed by atoms with van der Waals surface area (Å²) in [6.07, 6.45) is 0.971. The van der Waals surface area contributed by atoms with Gasteiger partial charge < -0.3 is 20.7 Å². The van der Waals surface area contributed by atoms with Crippen molar-refractivity contribution in [1.29, 1.82) is 0 Å². The second-order valence-corrected chi connectivity index (χ2v) is 6.63. The van der Waals surface area contributed by atoms with Crippen molar-refractivity contribution >= 4 is 23.5 Å². The van der Waals surface area contributed by atoms with Crippen LogP contribution in [0.25, 0.3) is 0 Å².